The second-order valence-corrected chi connectivity index (χ2v) is 5.23. The monoisotopic (exact) mass is 206 g/mol. The Morgan fingerprint density at radius 1 is 1.62 bits per heavy atom. The molecular weight excluding hydrogens is 191 g/mol. The molecule has 0 atom stereocenters. The third kappa shape index (κ3) is 24.7. The summed E-state index contributed by atoms with van der Waals surface area (Å²) in [6.45, 7) is 6.88. The molecule has 6 heteroatoms. The number of nitriles is 1. The summed E-state index contributed by atoms with van der Waals surface area (Å²) in [4.78, 5) is 9.71. The highest BCUT2D eigenvalue weighted by molar-refractivity contribution is 7.57. The standard InChI is InChI=1S/C4H11O2P.C3H4N2O/c1-4-6-7(2,3)5;1-3(6)5-2-4/h4H2,1-3H3;1H3,(H,5,6). The van der Waals surface area contributed by atoms with E-state index in [1.54, 1.807) is 13.3 Å². The molecule has 0 unspecified atom stereocenters. The lowest BCUT2D eigenvalue weighted by molar-refractivity contribution is -0.117. The average Bonchev–Trinajstić information content (AvgIpc) is 1.84. The van der Waals surface area contributed by atoms with Crippen molar-refractivity contribution in [3.63, 3.8) is 0 Å². The summed E-state index contributed by atoms with van der Waals surface area (Å²) >= 11 is 0. The van der Waals surface area contributed by atoms with Gasteiger partial charge in [-0.25, -0.2) is 0 Å². The van der Waals surface area contributed by atoms with Crippen molar-refractivity contribution >= 4 is 13.3 Å². The van der Waals surface area contributed by atoms with Crippen molar-refractivity contribution < 1.29 is 13.9 Å². The van der Waals surface area contributed by atoms with E-state index in [1.807, 2.05) is 12.2 Å². The van der Waals surface area contributed by atoms with Crippen LogP contribution in [0.15, 0.2) is 0 Å². The highest BCUT2D eigenvalue weighted by Crippen LogP contribution is 2.36. The van der Waals surface area contributed by atoms with Crippen LogP contribution in [-0.2, 0) is 13.9 Å². The number of nitrogens with zero attached hydrogens (tertiary/aromatic N) is 1. The van der Waals surface area contributed by atoms with Crippen LogP contribution in [-0.4, -0.2) is 25.8 Å². The molecule has 0 aromatic rings. The van der Waals surface area contributed by atoms with Gasteiger partial charge in [0.1, 0.15) is 0 Å². The zero-order valence-corrected chi connectivity index (χ0v) is 9.22. The number of hydrogen-bond acceptors (Lipinski definition) is 4. The van der Waals surface area contributed by atoms with Crippen LogP contribution < -0.4 is 5.32 Å². The van der Waals surface area contributed by atoms with E-state index < -0.39 is 7.37 Å². The summed E-state index contributed by atoms with van der Waals surface area (Å²) in [6.07, 6.45) is 1.47. The largest absolute Gasteiger partial charge is 0.329 e. The maximum Gasteiger partial charge on any atom is 0.229 e. The van der Waals surface area contributed by atoms with Gasteiger partial charge >= 0.3 is 0 Å². The van der Waals surface area contributed by atoms with Crippen LogP contribution in [0.1, 0.15) is 13.8 Å². The van der Waals surface area contributed by atoms with Gasteiger partial charge in [0.15, 0.2) is 13.6 Å². The molecule has 1 N–H and O–H groups in total. The second-order valence-electron chi connectivity index (χ2n) is 2.46. The molecule has 0 aromatic carbocycles. The number of rotatable bonds is 2. The average molecular weight is 206 g/mol. The van der Waals surface area contributed by atoms with E-state index in [9.17, 15) is 9.36 Å². The minimum atomic E-state index is -2.17. The molecule has 5 nitrogen and oxygen atoms in total. The van der Waals surface area contributed by atoms with Crippen molar-refractivity contribution in [1.82, 2.24) is 5.32 Å². The Morgan fingerprint density at radius 3 is 2.08 bits per heavy atom. The lowest BCUT2D eigenvalue weighted by Gasteiger charge is -2.02. The number of hydrogen-bond donors (Lipinski definition) is 1. The van der Waals surface area contributed by atoms with E-state index in [4.69, 9.17) is 9.79 Å². The summed E-state index contributed by atoms with van der Waals surface area (Å²) in [5.41, 5.74) is 0. The van der Waals surface area contributed by atoms with Gasteiger partial charge in [0, 0.05) is 20.3 Å². The van der Waals surface area contributed by atoms with Crippen LogP contribution in [0.3, 0.4) is 0 Å². The molecule has 1 amide bonds. The smallest absolute Gasteiger partial charge is 0.229 e. The topological polar surface area (TPSA) is 79.2 Å². The highest BCUT2D eigenvalue weighted by Gasteiger charge is 2.02. The molecule has 13 heavy (non-hydrogen) atoms. The van der Waals surface area contributed by atoms with E-state index in [0.717, 1.165) is 0 Å². The molecule has 0 spiro atoms. The maximum atomic E-state index is 10.6. The molecule has 0 saturated heterocycles. The maximum absolute atomic E-state index is 10.6. The molecule has 0 aliphatic heterocycles. The summed E-state index contributed by atoms with van der Waals surface area (Å²) in [6, 6.07) is 0. The second kappa shape index (κ2) is 7.78. The fraction of sp³-hybridized carbons (Fsp3) is 0.714. The van der Waals surface area contributed by atoms with Crippen molar-refractivity contribution in [2.45, 2.75) is 13.8 Å². The van der Waals surface area contributed by atoms with Crippen molar-refractivity contribution in [1.29, 1.82) is 5.26 Å². The molecular formula is C7H15N2O3P. The predicted octanol–water partition coefficient (Wildman–Crippen LogP) is 1.16. The third-order valence-electron chi connectivity index (χ3n) is 0.672. The Hall–Kier alpha value is -0.850. The van der Waals surface area contributed by atoms with Gasteiger partial charge in [0.25, 0.3) is 0 Å². The Labute approximate surface area is 78.5 Å². The lowest BCUT2D eigenvalue weighted by atomic mass is 10.7. The van der Waals surface area contributed by atoms with Crippen LogP contribution in [0.4, 0.5) is 0 Å². The fourth-order valence-electron chi connectivity index (χ4n) is 0.390. The first-order valence-corrected chi connectivity index (χ1v) is 6.20. The van der Waals surface area contributed by atoms with Crippen LogP contribution in [0.5, 0.6) is 0 Å². The molecule has 0 aliphatic carbocycles. The Bertz CT molecular complexity index is 228. The van der Waals surface area contributed by atoms with Crippen LogP contribution in [0, 0.1) is 11.5 Å². The highest BCUT2D eigenvalue weighted by atomic mass is 31.2. The summed E-state index contributed by atoms with van der Waals surface area (Å²) in [5, 5.41) is 9.53. The first kappa shape index (κ1) is 14.7. The normalized spacial score (nSPS) is 9.15. The van der Waals surface area contributed by atoms with Crippen LogP contribution in [0.2, 0.25) is 0 Å². The molecule has 0 radical (unpaired) electrons. The van der Waals surface area contributed by atoms with Crippen LogP contribution in [0.25, 0.3) is 0 Å². The molecule has 0 rings (SSSR count). The molecule has 0 aliphatic rings. The van der Waals surface area contributed by atoms with Gasteiger partial charge in [-0.2, -0.15) is 5.26 Å². The van der Waals surface area contributed by atoms with Gasteiger partial charge < -0.3 is 4.52 Å². The minimum absolute atomic E-state index is 0.322. The SMILES string of the molecule is CC(=O)NC#N.CCOP(C)(C)=O. The van der Waals surface area contributed by atoms with Gasteiger partial charge in [-0.15, -0.1) is 0 Å². The van der Waals surface area contributed by atoms with Gasteiger partial charge in [-0.3, -0.25) is 14.7 Å². The Morgan fingerprint density at radius 2 is 2.08 bits per heavy atom. The molecule has 0 aromatic heterocycles. The lowest BCUT2D eigenvalue weighted by Crippen LogP contribution is -2.11. The van der Waals surface area contributed by atoms with E-state index in [-0.39, 0.29) is 5.91 Å². The minimum Gasteiger partial charge on any atom is -0.329 e. The molecule has 0 heterocycles. The first-order chi connectivity index (χ1) is 5.83. The van der Waals surface area contributed by atoms with Crippen molar-refractivity contribution in [3.05, 3.63) is 0 Å². The quantitative estimate of drug-likeness (QED) is 0.417. The molecule has 0 fully saturated rings. The molecule has 0 saturated carbocycles. The van der Waals surface area contributed by atoms with Gasteiger partial charge in [-0.1, -0.05) is 0 Å². The van der Waals surface area contributed by atoms with E-state index in [0.29, 0.717) is 6.61 Å². The number of carbonyl (C=O) groups is 1. The molecule has 0 bridgehead atoms. The zero-order valence-electron chi connectivity index (χ0n) is 8.33. The van der Waals surface area contributed by atoms with E-state index in [1.165, 1.54) is 13.1 Å². The van der Waals surface area contributed by atoms with Gasteiger partial charge in [-0.05, 0) is 6.92 Å². The number of carbonyl (C=O) groups excluding carboxylic acids is 1. The van der Waals surface area contributed by atoms with E-state index >= 15 is 0 Å². The first-order valence-electron chi connectivity index (χ1n) is 3.68. The summed E-state index contributed by atoms with van der Waals surface area (Å²) in [7, 11) is -2.17. The molecule has 76 valence electrons. The Balaban J connectivity index is 0. The number of amides is 1. The third-order valence-corrected chi connectivity index (χ3v) is 1.55. The van der Waals surface area contributed by atoms with E-state index in [2.05, 4.69) is 0 Å². The number of nitrogens with one attached hydrogen (secondary N) is 1. The summed E-state index contributed by atoms with van der Waals surface area (Å²) in [5.74, 6) is -0.322. The fourth-order valence-corrected chi connectivity index (χ4v) is 1.01. The van der Waals surface area contributed by atoms with Gasteiger partial charge in [0.2, 0.25) is 5.91 Å². The predicted molar refractivity (Wildman–Crippen MR) is 50.5 cm³/mol. The van der Waals surface area contributed by atoms with Crippen molar-refractivity contribution in [2.24, 2.45) is 0 Å². The van der Waals surface area contributed by atoms with Crippen molar-refractivity contribution in [3.8, 4) is 6.19 Å². The zero-order chi connectivity index (χ0) is 10.9. The Kier molecular flexibility index (Phi) is 8.78. The van der Waals surface area contributed by atoms with Gasteiger partial charge in [0.05, 0.1) is 6.61 Å². The van der Waals surface area contributed by atoms with Crippen LogP contribution >= 0.6 is 7.37 Å². The van der Waals surface area contributed by atoms with Crippen molar-refractivity contribution in [2.75, 3.05) is 19.9 Å². The summed E-state index contributed by atoms with van der Waals surface area (Å²) < 4.78 is 15.4.